The van der Waals surface area contributed by atoms with E-state index in [0.717, 1.165) is 28.0 Å². The topological polar surface area (TPSA) is 239 Å². The van der Waals surface area contributed by atoms with E-state index in [1.54, 1.807) is 0 Å². The summed E-state index contributed by atoms with van der Waals surface area (Å²) in [5, 5.41) is 10.6. The maximum atomic E-state index is 16.0. The Morgan fingerprint density at radius 3 is 2.52 bits per heavy atom. The number of nitrogens with zero attached hydrogens (tertiary/aromatic N) is 7. The number of aryl methyl sites for hydroxylation is 1. The Labute approximate surface area is 260 Å². The molecule has 0 aliphatic carbocycles. The van der Waals surface area contributed by atoms with Crippen LogP contribution >= 0.6 is 26.9 Å². The number of anilines is 1. The lowest BCUT2D eigenvalue weighted by molar-refractivity contribution is -0.0628. The van der Waals surface area contributed by atoms with Crippen LogP contribution in [0.2, 0.25) is 0 Å². The number of hydrogen-bond acceptors (Lipinski definition) is 15. The number of hydrogen-bond donors (Lipinski definition) is 4. The largest absolute Gasteiger partial charge is 0.472 e. The monoisotopic (exact) mass is 708 g/mol. The molecule has 10 atom stereocenters. The average molecular weight is 708 g/mol. The highest BCUT2D eigenvalue weighted by molar-refractivity contribution is 8.44. The molecule has 0 amide bonds. The molecule has 4 N–H and O–H groups in total. The third-order valence-electron chi connectivity index (χ3n) is 7.68. The lowest BCUT2D eigenvalue weighted by atomic mass is 10.1. The highest BCUT2D eigenvalue weighted by Crippen LogP contribution is 2.58. The Bertz CT molecular complexity index is 2000. The number of nitrogen functional groups attached to an aromatic ring is 1. The first kappa shape index (κ1) is 31.7. The molecule has 7 rings (SSSR count). The van der Waals surface area contributed by atoms with Crippen LogP contribution in [0.5, 0.6) is 0 Å². The number of thiol groups is 1. The van der Waals surface area contributed by atoms with E-state index in [2.05, 4.69) is 32.2 Å². The van der Waals surface area contributed by atoms with Crippen LogP contribution < -0.4 is 11.3 Å². The van der Waals surface area contributed by atoms with E-state index < -0.39 is 93.7 Å². The van der Waals surface area contributed by atoms with Crippen molar-refractivity contribution in [2.45, 2.75) is 49.1 Å². The second-order valence-corrected chi connectivity index (χ2v) is 14.8. The van der Waals surface area contributed by atoms with Crippen molar-refractivity contribution in [3.05, 3.63) is 41.3 Å². The van der Waals surface area contributed by atoms with Gasteiger partial charge in [0.25, 0.3) is 5.56 Å². The number of imidazole rings is 1. The van der Waals surface area contributed by atoms with Gasteiger partial charge in [0.05, 0.1) is 25.9 Å². The molecule has 7 heterocycles. The van der Waals surface area contributed by atoms with Crippen molar-refractivity contribution >= 4 is 54.9 Å². The second kappa shape index (κ2) is 11.4. The minimum atomic E-state index is -5.17. The van der Waals surface area contributed by atoms with Gasteiger partial charge in [-0.15, -0.1) is 0 Å². The molecule has 4 unspecified atom stereocenters. The van der Waals surface area contributed by atoms with Crippen LogP contribution in [0.3, 0.4) is 0 Å². The molecule has 4 aromatic heterocycles. The minimum absolute atomic E-state index is 0.0113. The molecule has 0 radical (unpaired) electrons. The summed E-state index contributed by atoms with van der Waals surface area (Å²) in [6.45, 7) is -6.09. The van der Waals surface area contributed by atoms with Crippen LogP contribution in [0, 0.1) is 5.82 Å². The van der Waals surface area contributed by atoms with Crippen LogP contribution in [-0.2, 0) is 43.7 Å². The van der Waals surface area contributed by atoms with Gasteiger partial charge in [-0.3, -0.25) is 27.5 Å². The predicted octanol–water partition coefficient (Wildman–Crippen LogP) is 0.745. The van der Waals surface area contributed by atoms with Crippen molar-refractivity contribution in [1.29, 1.82) is 0 Å². The Morgan fingerprint density at radius 2 is 1.74 bits per heavy atom. The molecule has 46 heavy (non-hydrogen) atoms. The SMILES string of the molecule is Cn1cnc2c(c(F)cn2[C@@H]2OC3COP(=O)(S)OC4[C@@H](F)[C@H](n5cnc6c(N)ncnc65)O[C@@H]4COP(=O)(O)O[C@@H]2[C@@H]3O)c1=O. The number of fused-ring (bicyclic) bond motifs is 5. The summed E-state index contributed by atoms with van der Waals surface area (Å²) in [5.41, 5.74) is 5.08. The Morgan fingerprint density at radius 1 is 1.00 bits per heavy atom. The maximum Gasteiger partial charge on any atom is 0.472 e. The summed E-state index contributed by atoms with van der Waals surface area (Å²) in [7, 11) is -3.81. The third kappa shape index (κ3) is 5.36. The number of aliphatic hydroxyl groups is 1. The predicted molar refractivity (Wildman–Crippen MR) is 151 cm³/mol. The number of aromatic nitrogens is 7. The fourth-order valence-corrected chi connectivity index (χ4v) is 7.92. The number of ether oxygens (including phenoxy) is 2. The lowest BCUT2D eigenvalue weighted by Gasteiger charge is -2.26. The van der Waals surface area contributed by atoms with Crippen molar-refractivity contribution in [1.82, 2.24) is 33.6 Å². The number of aliphatic hydroxyl groups excluding tert-OH is 1. The fourth-order valence-electron chi connectivity index (χ4n) is 5.51. The number of rotatable bonds is 2. The van der Waals surface area contributed by atoms with Gasteiger partial charge in [0.1, 0.15) is 47.8 Å². The number of phosphoric acid groups is 1. The van der Waals surface area contributed by atoms with Crippen molar-refractivity contribution in [2.24, 2.45) is 7.05 Å². The quantitative estimate of drug-likeness (QED) is 0.166. The Hall–Kier alpha value is -2.88. The molecule has 3 aliphatic heterocycles. The van der Waals surface area contributed by atoms with Crippen molar-refractivity contribution in [3.8, 4) is 0 Å². The van der Waals surface area contributed by atoms with E-state index in [-0.39, 0.29) is 22.6 Å². The summed E-state index contributed by atoms with van der Waals surface area (Å²) < 4.78 is 93.4. The molecule has 0 aromatic carbocycles. The first-order valence-electron chi connectivity index (χ1n) is 13.3. The van der Waals surface area contributed by atoms with E-state index in [0.29, 0.717) is 0 Å². The number of phosphoric ester groups is 1. The lowest BCUT2D eigenvalue weighted by Crippen LogP contribution is -2.35. The van der Waals surface area contributed by atoms with Crippen molar-refractivity contribution in [3.63, 3.8) is 0 Å². The van der Waals surface area contributed by atoms with E-state index in [1.807, 2.05) is 0 Å². The van der Waals surface area contributed by atoms with Crippen LogP contribution in [0.4, 0.5) is 14.6 Å². The van der Waals surface area contributed by atoms with Crippen molar-refractivity contribution in [2.75, 3.05) is 18.9 Å². The molecule has 19 nitrogen and oxygen atoms in total. The standard InChI is InChI=1S/C22H24F2N8O11P2S/c1-30-6-29-18-11(20(30)34)8(23)2-31(18)22-16-14(33)9(40-22)3-39-45(37,46)43-15-10(4-38-44(35,36)42-16)41-21(12(15)24)32-7-28-13-17(25)26-5-27-19(13)32/h2,5-7,9-10,12,14-16,21-22,33H,3-4H2,1H3,(H,35,36)(H,37,46)(H2,25,26,27)/t9?,10-,12-,14-,15?,16-,21-,22-,45?/m1/s1. The molecular weight excluding hydrogens is 684 g/mol. The maximum absolute atomic E-state index is 16.0. The van der Waals surface area contributed by atoms with Crippen LogP contribution in [0.15, 0.2) is 30.0 Å². The summed E-state index contributed by atoms with van der Waals surface area (Å²) in [5.74, 6) is -0.983. The van der Waals surface area contributed by atoms with Gasteiger partial charge in [0.2, 0.25) is 0 Å². The number of alkyl halides is 1. The van der Waals surface area contributed by atoms with E-state index in [9.17, 15) is 28.3 Å². The molecule has 3 saturated heterocycles. The molecule has 3 aliphatic rings. The Kier molecular flexibility index (Phi) is 7.84. The molecule has 0 spiro atoms. The average Bonchev–Trinajstić information content (AvgIpc) is 3.73. The zero-order valence-corrected chi connectivity index (χ0v) is 25.9. The highest BCUT2D eigenvalue weighted by atomic mass is 32.7. The van der Waals surface area contributed by atoms with E-state index in [1.165, 1.54) is 17.9 Å². The molecule has 3 fully saturated rings. The first-order valence-corrected chi connectivity index (χ1v) is 17.5. The summed E-state index contributed by atoms with van der Waals surface area (Å²) >= 11 is 3.95. The summed E-state index contributed by atoms with van der Waals surface area (Å²) in [6.07, 6.45) is -9.24. The van der Waals surface area contributed by atoms with Crippen LogP contribution in [0.1, 0.15) is 12.5 Å². The molecule has 24 heteroatoms. The molecular formula is C22H24F2N8O11P2S. The van der Waals surface area contributed by atoms with Crippen molar-refractivity contribution < 1.29 is 55.5 Å². The fraction of sp³-hybridized carbons (Fsp3) is 0.500. The summed E-state index contributed by atoms with van der Waals surface area (Å²) in [4.78, 5) is 39.3. The first-order chi connectivity index (χ1) is 21.7. The molecule has 4 aromatic rings. The minimum Gasteiger partial charge on any atom is -0.387 e. The smallest absolute Gasteiger partial charge is 0.387 e. The van der Waals surface area contributed by atoms with Gasteiger partial charge in [0, 0.05) is 13.2 Å². The van der Waals surface area contributed by atoms with E-state index in [4.69, 9.17) is 33.3 Å². The van der Waals surface area contributed by atoms with Gasteiger partial charge in [-0.25, -0.2) is 37.8 Å². The van der Waals surface area contributed by atoms with Gasteiger partial charge in [0.15, 0.2) is 41.6 Å². The normalized spacial score (nSPS) is 37.2. The zero-order valence-electron chi connectivity index (χ0n) is 23.2. The highest BCUT2D eigenvalue weighted by Gasteiger charge is 2.54. The molecule has 0 saturated carbocycles. The van der Waals surface area contributed by atoms with Gasteiger partial charge in [-0.05, 0) is 0 Å². The van der Waals surface area contributed by atoms with Crippen LogP contribution in [0.25, 0.3) is 22.2 Å². The number of nitrogens with two attached hydrogens (primary N) is 1. The van der Waals surface area contributed by atoms with Gasteiger partial charge in [-0.1, -0.05) is 12.2 Å². The zero-order chi connectivity index (χ0) is 32.7. The number of halogens is 2. The second-order valence-electron chi connectivity index (χ2n) is 10.6. The van der Waals surface area contributed by atoms with Crippen LogP contribution in [-0.4, -0.2) is 93.5 Å². The summed E-state index contributed by atoms with van der Waals surface area (Å²) in [6, 6.07) is 0. The molecule has 248 valence electrons. The molecule has 2 bridgehead atoms. The Balaban J connectivity index is 1.21. The third-order valence-corrected chi connectivity index (χ3v) is 10.3. The van der Waals surface area contributed by atoms with E-state index >= 15 is 4.39 Å². The van der Waals surface area contributed by atoms with Gasteiger partial charge < -0.3 is 34.3 Å². The van der Waals surface area contributed by atoms with Gasteiger partial charge >= 0.3 is 14.6 Å². The van der Waals surface area contributed by atoms with Gasteiger partial charge in [-0.2, -0.15) is 0 Å².